The van der Waals surface area contributed by atoms with Gasteiger partial charge in [-0.05, 0) is 25.0 Å². The Morgan fingerprint density at radius 1 is 1.11 bits per heavy atom. The van der Waals surface area contributed by atoms with E-state index < -0.39 is 0 Å². The van der Waals surface area contributed by atoms with Crippen molar-refractivity contribution in [2.45, 2.75) is 24.8 Å². The third-order valence-electron chi connectivity index (χ3n) is 4.65. The summed E-state index contributed by atoms with van der Waals surface area (Å²) in [5, 5.41) is -0.0232. The molecular formula is C23H26N2OS. The predicted octanol–water partition coefficient (Wildman–Crippen LogP) is 4.27. The van der Waals surface area contributed by atoms with Gasteiger partial charge < -0.3 is 10.6 Å². The molecule has 2 aromatic carbocycles. The van der Waals surface area contributed by atoms with Gasteiger partial charge in [-0.2, -0.15) is 0 Å². The van der Waals surface area contributed by atoms with E-state index in [1.165, 1.54) is 5.56 Å². The maximum Gasteiger partial charge on any atom is 0.191 e. The lowest BCUT2D eigenvalue weighted by Crippen LogP contribution is -2.41. The highest BCUT2D eigenvalue weighted by Gasteiger charge is 2.30. The molecule has 0 fully saturated rings. The molecule has 2 atom stereocenters. The van der Waals surface area contributed by atoms with Crippen LogP contribution in [-0.2, 0) is 6.42 Å². The number of carbonyl (C=O) groups is 1. The van der Waals surface area contributed by atoms with Crippen molar-refractivity contribution in [3.05, 3.63) is 95.7 Å². The molecule has 1 aliphatic rings. The van der Waals surface area contributed by atoms with Gasteiger partial charge in [-0.3, -0.25) is 4.79 Å². The molecule has 3 rings (SSSR count). The highest BCUT2D eigenvalue weighted by Crippen LogP contribution is 2.31. The second-order valence-corrected chi connectivity index (χ2v) is 7.84. The van der Waals surface area contributed by atoms with Crippen LogP contribution in [0.2, 0.25) is 0 Å². The molecule has 1 heterocycles. The molecular weight excluding hydrogens is 352 g/mol. The van der Waals surface area contributed by atoms with Gasteiger partial charge in [0.2, 0.25) is 0 Å². The number of nitrogens with two attached hydrogens (primary N) is 1. The topological polar surface area (TPSA) is 46.3 Å². The Morgan fingerprint density at radius 2 is 1.78 bits per heavy atom. The van der Waals surface area contributed by atoms with Gasteiger partial charge in [0.25, 0.3) is 0 Å². The van der Waals surface area contributed by atoms with E-state index in [-0.39, 0.29) is 17.2 Å². The summed E-state index contributed by atoms with van der Waals surface area (Å²) in [6, 6.07) is 20.2. The van der Waals surface area contributed by atoms with E-state index in [0.29, 0.717) is 6.54 Å². The minimum Gasteiger partial charge on any atom is -0.358 e. The average molecular weight is 379 g/mol. The largest absolute Gasteiger partial charge is 0.358 e. The lowest BCUT2D eigenvalue weighted by Gasteiger charge is -2.38. The van der Waals surface area contributed by atoms with Crippen LogP contribution in [-0.4, -0.2) is 34.4 Å². The Morgan fingerprint density at radius 3 is 2.44 bits per heavy atom. The van der Waals surface area contributed by atoms with E-state index in [1.807, 2.05) is 48.6 Å². The zero-order valence-corrected chi connectivity index (χ0v) is 16.4. The van der Waals surface area contributed by atoms with Crippen molar-refractivity contribution in [1.82, 2.24) is 4.90 Å². The molecule has 0 bridgehead atoms. The van der Waals surface area contributed by atoms with Gasteiger partial charge in [0.1, 0.15) is 5.37 Å². The molecule has 27 heavy (non-hydrogen) atoms. The zero-order chi connectivity index (χ0) is 19.1. The summed E-state index contributed by atoms with van der Waals surface area (Å²) in [4.78, 5) is 15.4. The summed E-state index contributed by atoms with van der Waals surface area (Å²) in [6.45, 7) is 2.81. The summed E-state index contributed by atoms with van der Waals surface area (Å²) >= 11 is 1.74. The first-order valence-corrected chi connectivity index (χ1v) is 10.4. The first-order chi connectivity index (χ1) is 13.2. The van der Waals surface area contributed by atoms with Crippen LogP contribution in [0.1, 0.15) is 22.8 Å². The van der Waals surface area contributed by atoms with Crippen LogP contribution in [0.25, 0.3) is 0 Å². The number of hydrogen-bond acceptors (Lipinski definition) is 4. The van der Waals surface area contributed by atoms with Gasteiger partial charge >= 0.3 is 0 Å². The summed E-state index contributed by atoms with van der Waals surface area (Å²) in [7, 11) is 0. The Balaban J connectivity index is 1.83. The van der Waals surface area contributed by atoms with Gasteiger partial charge in [-0.1, -0.05) is 66.7 Å². The molecule has 2 unspecified atom stereocenters. The lowest BCUT2D eigenvalue weighted by molar-refractivity contribution is 0.102. The molecule has 3 nitrogen and oxygen atoms in total. The van der Waals surface area contributed by atoms with Crippen molar-refractivity contribution in [1.29, 1.82) is 0 Å². The molecule has 0 spiro atoms. The molecule has 2 N–H and O–H groups in total. The third kappa shape index (κ3) is 4.90. The van der Waals surface area contributed by atoms with Gasteiger partial charge in [0.05, 0.1) is 0 Å². The van der Waals surface area contributed by atoms with E-state index in [1.54, 1.807) is 11.8 Å². The molecule has 0 saturated heterocycles. The van der Waals surface area contributed by atoms with Gasteiger partial charge in [-0.15, -0.1) is 11.8 Å². The minimum absolute atomic E-state index is 0.0232. The summed E-state index contributed by atoms with van der Waals surface area (Å²) in [6.07, 6.45) is 6.97. The molecule has 0 aliphatic carbocycles. The molecule has 4 heteroatoms. The molecule has 0 aromatic heterocycles. The Bertz CT molecular complexity index is 802. The van der Waals surface area contributed by atoms with Gasteiger partial charge in [0.15, 0.2) is 5.78 Å². The standard InChI is InChI=1S/C23H26N2OS/c1-18(17-19-9-4-2-5-10-19)25-15-8-13-21(23(25)27-16-14-24)22(26)20-11-6-3-7-12-20/h2-13,15,18,23H,14,16-17,24H2,1H3. The number of nitrogens with zero attached hydrogens (tertiary/aromatic N) is 1. The molecule has 1 aliphatic heterocycles. The first kappa shape index (κ1) is 19.5. The van der Waals surface area contributed by atoms with E-state index in [2.05, 4.69) is 42.3 Å². The lowest BCUT2D eigenvalue weighted by atomic mass is 9.99. The summed E-state index contributed by atoms with van der Waals surface area (Å²) < 4.78 is 0. The summed E-state index contributed by atoms with van der Waals surface area (Å²) in [5.41, 5.74) is 8.61. The minimum atomic E-state index is -0.0232. The van der Waals surface area contributed by atoms with Crippen LogP contribution in [0, 0.1) is 0 Å². The van der Waals surface area contributed by atoms with Crippen LogP contribution >= 0.6 is 11.8 Å². The number of Topliss-reactive ketones (excluding diaryl/α,β-unsaturated/α-hetero) is 1. The van der Waals surface area contributed by atoms with E-state index in [9.17, 15) is 4.79 Å². The molecule has 140 valence electrons. The van der Waals surface area contributed by atoms with E-state index in [0.717, 1.165) is 23.3 Å². The molecule has 0 amide bonds. The van der Waals surface area contributed by atoms with Crippen molar-refractivity contribution in [3.63, 3.8) is 0 Å². The second-order valence-electron chi connectivity index (χ2n) is 6.66. The van der Waals surface area contributed by atoms with Gasteiger partial charge in [-0.25, -0.2) is 0 Å². The Labute approximate surface area is 166 Å². The normalized spacial score (nSPS) is 17.5. The third-order valence-corrected chi connectivity index (χ3v) is 5.93. The Hall–Kier alpha value is -2.30. The van der Waals surface area contributed by atoms with Crippen molar-refractivity contribution >= 4 is 17.5 Å². The molecule has 0 radical (unpaired) electrons. The fourth-order valence-corrected chi connectivity index (χ4v) is 4.48. The second kappa shape index (κ2) is 9.58. The predicted molar refractivity (Wildman–Crippen MR) is 115 cm³/mol. The Kier molecular flexibility index (Phi) is 6.91. The average Bonchev–Trinajstić information content (AvgIpc) is 2.72. The van der Waals surface area contributed by atoms with Gasteiger partial charge in [0, 0.05) is 35.7 Å². The van der Waals surface area contributed by atoms with Crippen molar-refractivity contribution < 1.29 is 4.79 Å². The van der Waals surface area contributed by atoms with E-state index in [4.69, 9.17) is 5.73 Å². The number of hydrogen-bond donors (Lipinski definition) is 1. The summed E-state index contributed by atoms with van der Waals surface area (Å²) in [5.74, 6) is 0.901. The molecule has 2 aromatic rings. The van der Waals surface area contributed by atoms with Crippen LogP contribution in [0.5, 0.6) is 0 Å². The van der Waals surface area contributed by atoms with Crippen LogP contribution < -0.4 is 5.73 Å². The monoisotopic (exact) mass is 378 g/mol. The first-order valence-electron chi connectivity index (χ1n) is 9.32. The number of benzene rings is 2. The zero-order valence-electron chi connectivity index (χ0n) is 15.6. The maximum atomic E-state index is 13.1. The number of rotatable bonds is 8. The van der Waals surface area contributed by atoms with Crippen molar-refractivity contribution in [2.75, 3.05) is 12.3 Å². The molecule has 0 saturated carbocycles. The fraction of sp³-hybridized carbons (Fsp3) is 0.261. The number of thioether (sulfide) groups is 1. The number of ketones is 1. The fourth-order valence-electron chi connectivity index (χ4n) is 3.31. The van der Waals surface area contributed by atoms with Crippen LogP contribution in [0.3, 0.4) is 0 Å². The maximum absolute atomic E-state index is 13.1. The highest BCUT2D eigenvalue weighted by atomic mass is 32.2. The SMILES string of the molecule is CC(Cc1ccccc1)N1C=CC=C(C(=O)c2ccccc2)C1SCCN. The van der Waals surface area contributed by atoms with Crippen molar-refractivity contribution in [3.8, 4) is 0 Å². The van der Waals surface area contributed by atoms with E-state index >= 15 is 0 Å². The smallest absolute Gasteiger partial charge is 0.191 e. The van der Waals surface area contributed by atoms with Crippen LogP contribution in [0.15, 0.2) is 84.6 Å². The quantitative estimate of drug-likeness (QED) is 0.697. The number of carbonyl (C=O) groups excluding carboxylic acids is 1. The number of allylic oxidation sites excluding steroid dienone is 2. The highest BCUT2D eigenvalue weighted by molar-refractivity contribution is 8.00. The van der Waals surface area contributed by atoms with Crippen molar-refractivity contribution in [2.24, 2.45) is 5.73 Å². The van der Waals surface area contributed by atoms with Crippen LogP contribution in [0.4, 0.5) is 0 Å².